The monoisotopic (exact) mass is 271 g/mol. The van der Waals surface area contributed by atoms with Crippen LogP contribution in [-0.4, -0.2) is 32.5 Å². The van der Waals surface area contributed by atoms with Crippen molar-refractivity contribution in [3.8, 4) is 11.5 Å². The first-order valence-corrected chi connectivity index (χ1v) is 6.29. The minimum absolute atomic E-state index is 0.00967. The zero-order valence-corrected chi connectivity index (χ0v) is 11.6. The van der Waals surface area contributed by atoms with E-state index in [1.54, 1.807) is 6.07 Å². The number of methoxy groups -OCH3 is 2. The van der Waals surface area contributed by atoms with Crippen LogP contribution in [0.3, 0.4) is 0 Å². The van der Waals surface area contributed by atoms with Crippen molar-refractivity contribution in [2.24, 2.45) is 11.7 Å². The quantitative estimate of drug-likeness (QED) is 0.795. The van der Waals surface area contributed by atoms with Crippen molar-refractivity contribution < 1.29 is 19.0 Å². The molecule has 1 aromatic carbocycles. The number of aliphatic hydroxyl groups excluding tert-OH is 1. The Morgan fingerprint density at radius 3 is 2.32 bits per heavy atom. The fourth-order valence-electron chi connectivity index (χ4n) is 2.12. The second kappa shape index (κ2) is 7.31. The summed E-state index contributed by atoms with van der Waals surface area (Å²) in [6.45, 7) is 2.30. The third kappa shape index (κ3) is 3.81. The van der Waals surface area contributed by atoms with Crippen LogP contribution in [0.4, 0.5) is 4.39 Å². The van der Waals surface area contributed by atoms with E-state index in [0.717, 1.165) is 0 Å². The first-order chi connectivity index (χ1) is 9.07. The molecule has 0 aliphatic carbocycles. The molecular weight excluding hydrogens is 249 g/mol. The standard InChI is InChI=1S/C14H22FNO3/c1-9(4-10(7-16)8-17)11-5-13(18-2)14(19-3)6-12(11)15/h5-6,9-10,17H,4,7-8,16H2,1-3H3. The van der Waals surface area contributed by atoms with Crippen LogP contribution in [0.15, 0.2) is 12.1 Å². The topological polar surface area (TPSA) is 64.7 Å². The summed E-state index contributed by atoms with van der Waals surface area (Å²) < 4.78 is 24.3. The lowest BCUT2D eigenvalue weighted by Crippen LogP contribution is -2.20. The van der Waals surface area contributed by atoms with E-state index in [4.69, 9.17) is 20.3 Å². The smallest absolute Gasteiger partial charge is 0.163 e. The first kappa shape index (κ1) is 15.7. The maximum Gasteiger partial charge on any atom is 0.163 e. The van der Waals surface area contributed by atoms with Crippen molar-refractivity contribution in [2.75, 3.05) is 27.4 Å². The molecule has 1 aromatic rings. The zero-order chi connectivity index (χ0) is 14.4. The van der Waals surface area contributed by atoms with E-state index in [9.17, 15) is 4.39 Å². The molecule has 0 aliphatic rings. The highest BCUT2D eigenvalue weighted by molar-refractivity contribution is 5.44. The Kier molecular flexibility index (Phi) is 6.05. The summed E-state index contributed by atoms with van der Waals surface area (Å²) in [5.74, 6) is 0.453. The van der Waals surface area contributed by atoms with Crippen molar-refractivity contribution in [2.45, 2.75) is 19.3 Å². The SMILES string of the molecule is COc1cc(F)c(C(C)CC(CN)CO)cc1OC. The molecule has 0 amide bonds. The van der Waals surface area contributed by atoms with Crippen molar-refractivity contribution in [1.82, 2.24) is 0 Å². The van der Waals surface area contributed by atoms with Crippen LogP contribution in [-0.2, 0) is 0 Å². The van der Waals surface area contributed by atoms with E-state index in [1.807, 2.05) is 6.92 Å². The predicted octanol–water partition coefficient (Wildman–Crippen LogP) is 1.90. The van der Waals surface area contributed by atoms with Gasteiger partial charge in [0.15, 0.2) is 11.5 Å². The lowest BCUT2D eigenvalue weighted by molar-refractivity contribution is 0.216. The second-order valence-corrected chi connectivity index (χ2v) is 4.65. The molecular formula is C14H22FNO3. The molecule has 1 rings (SSSR count). The zero-order valence-electron chi connectivity index (χ0n) is 11.6. The fraction of sp³-hybridized carbons (Fsp3) is 0.571. The van der Waals surface area contributed by atoms with Crippen molar-refractivity contribution >= 4 is 0 Å². The van der Waals surface area contributed by atoms with E-state index in [1.165, 1.54) is 20.3 Å². The Labute approximate surface area is 113 Å². The second-order valence-electron chi connectivity index (χ2n) is 4.65. The average molecular weight is 271 g/mol. The molecule has 0 saturated heterocycles. The Morgan fingerprint density at radius 2 is 1.84 bits per heavy atom. The van der Waals surface area contributed by atoms with Gasteiger partial charge in [-0.05, 0) is 36.4 Å². The molecule has 0 radical (unpaired) electrons. The van der Waals surface area contributed by atoms with Crippen LogP contribution in [0.25, 0.3) is 0 Å². The molecule has 0 saturated carbocycles. The molecule has 108 valence electrons. The molecule has 2 unspecified atom stereocenters. The lowest BCUT2D eigenvalue weighted by Gasteiger charge is -2.19. The highest BCUT2D eigenvalue weighted by Crippen LogP contribution is 2.34. The third-order valence-electron chi connectivity index (χ3n) is 3.31. The lowest BCUT2D eigenvalue weighted by atomic mass is 9.90. The molecule has 4 nitrogen and oxygen atoms in total. The summed E-state index contributed by atoms with van der Waals surface area (Å²) in [4.78, 5) is 0. The van der Waals surface area contributed by atoms with Crippen LogP contribution in [0.2, 0.25) is 0 Å². The van der Waals surface area contributed by atoms with E-state index in [-0.39, 0.29) is 24.3 Å². The largest absolute Gasteiger partial charge is 0.493 e. The van der Waals surface area contributed by atoms with E-state index >= 15 is 0 Å². The number of hydrogen-bond donors (Lipinski definition) is 2. The number of nitrogens with two attached hydrogens (primary N) is 1. The highest BCUT2D eigenvalue weighted by atomic mass is 19.1. The van der Waals surface area contributed by atoms with Gasteiger partial charge in [-0.15, -0.1) is 0 Å². The van der Waals surface area contributed by atoms with Crippen LogP contribution >= 0.6 is 0 Å². The van der Waals surface area contributed by atoms with Gasteiger partial charge in [-0.25, -0.2) is 4.39 Å². The number of benzene rings is 1. The molecule has 0 heterocycles. The minimum Gasteiger partial charge on any atom is -0.493 e. The maximum atomic E-state index is 14.0. The van der Waals surface area contributed by atoms with Crippen LogP contribution < -0.4 is 15.2 Å². The molecule has 3 N–H and O–H groups in total. The Bertz CT molecular complexity index is 408. The van der Waals surface area contributed by atoms with E-state index in [0.29, 0.717) is 30.0 Å². The summed E-state index contributed by atoms with van der Waals surface area (Å²) in [5, 5.41) is 9.16. The minimum atomic E-state index is -0.334. The van der Waals surface area contributed by atoms with E-state index < -0.39 is 0 Å². The van der Waals surface area contributed by atoms with Crippen molar-refractivity contribution in [3.05, 3.63) is 23.5 Å². The van der Waals surface area contributed by atoms with Gasteiger partial charge in [-0.3, -0.25) is 0 Å². The molecule has 0 spiro atoms. The molecule has 5 heteroatoms. The molecule has 0 fully saturated rings. The van der Waals surface area contributed by atoms with Gasteiger partial charge < -0.3 is 20.3 Å². The summed E-state index contributed by atoms with van der Waals surface area (Å²) in [7, 11) is 2.98. The van der Waals surface area contributed by atoms with Gasteiger partial charge in [0.2, 0.25) is 0 Å². The number of hydrogen-bond acceptors (Lipinski definition) is 4. The summed E-state index contributed by atoms with van der Waals surface area (Å²) in [5.41, 5.74) is 6.10. The van der Waals surface area contributed by atoms with Crippen molar-refractivity contribution in [1.29, 1.82) is 0 Å². The van der Waals surface area contributed by atoms with Gasteiger partial charge in [-0.2, -0.15) is 0 Å². The molecule has 0 aromatic heterocycles. The molecule has 19 heavy (non-hydrogen) atoms. The van der Waals surface area contributed by atoms with Crippen LogP contribution in [0.5, 0.6) is 11.5 Å². The van der Waals surface area contributed by atoms with Crippen LogP contribution in [0, 0.1) is 11.7 Å². The molecule has 0 aliphatic heterocycles. The average Bonchev–Trinajstić information content (AvgIpc) is 2.43. The van der Waals surface area contributed by atoms with Gasteiger partial charge in [0, 0.05) is 12.7 Å². The summed E-state index contributed by atoms with van der Waals surface area (Å²) >= 11 is 0. The fourth-order valence-corrected chi connectivity index (χ4v) is 2.12. The van der Waals surface area contributed by atoms with Gasteiger partial charge >= 0.3 is 0 Å². The van der Waals surface area contributed by atoms with Gasteiger partial charge in [0.25, 0.3) is 0 Å². The van der Waals surface area contributed by atoms with Crippen LogP contribution in [0.1, 0.15) is 24.8 Å². The number of halogens is 1. The number of ether oxygens (including phenoxy) is 2. The maximum absolute atomic E-state index is 14.0. The van der Waals surface area contributed by atoms with Gasteiger partial charge in [0.05, 0.1) is 14.2 Å². The first-order valence-electron chi connectivity index (χ1n) is 6.29. The number of aliphatic hydroxyl groups is 1. The Morgan fingerprint density at radius 1 is 1.26 bits per heavy atom. The molecule has 0 bridgehead atoms. The van der Waals surface area contributed by atoms with Gasteiger partial charge in [0.1, 0.15) is 5.82 Å². The summed E-state index contributed by atoms with van der Waals surface area (Å²) in [6, 6.07) is 2.96. The normalized spacial score (nSPS) is 14.0. The molecule has 2 atom stereocenters. The Hall–Kier alpha value is -1.33. The van der Waals surface area contributed by atoms with E-state index in [2.05, 4.69) is 0 Å². The highest BCUT2D eigenvalue weighted by Gasteiger charge is 2.19. The van der Waals surface area contributed by atoms with Crippen molar-refractivity contribution in [3.63, 3.8) is 0 Å². The number of rotatable bonds is 7. The van der Waals surface area contributed by atoms with Gasteiger partial charge in [-0.1, -0.05) is 6.92 Å². The Balaban J connectivity index is 2.99. The predicted molar refractivity (Wildman–Crippen MR) is 72.2 cm³/mol. The summed E-state index contributed by atoms with van der Waals surface area (Å²) in [6.07, 6.45) is 0.624. The third-order valence-corrected chi connectivity index (χ3v) is 3.31.